The van der Waals surface area contributed by atoms with E-state index in [0.29, 0.717) is 0 Å². The number of hydrogen-bond acceptors (Lipinski definition) is 3. The molecule has 62 valence electrons. The molecular weight excluding hydrogens is 162 g/mol. The second-order valence-corrected chi connectivity index (χ2v) is 3.10. The van der Waals surface area contributed by atoms with E-state index in [0.717, 1.165) is 17.8 Å². The van der Waals surface area contributed by atoms with Gasteiger partial charge >= 0.3 is 0 Å². The van der Waals surface area contributed by atoms with Gasteiger partial charge in [-0.25, -0.2) is 0 Å². The Kier molecular flexibility index (Phi) is 1.22. The lowest BCUT2D eigenvalue weighted by molar-refractivity contribution is 1.000. The maximum absolute atomic E-state index is 4.28. The number of rotatable bonds is 0. The molecule has 0 N–H and O–H groups in total. The number of nitrogens with zero attached hydrogens (tertiary/aromatic N) is 3. The van der Waals surface area contributed by atoms with Crippen molar-refractivity contribution in [3.63, 3.8) is 0 Å². The maximum atomic E-state index is 4.28. The fourth-order valence-electron chi connectivity index (χ4n) is 1.60. The second kappa shape index (κ2) is 2.36. The van der Waals surface area contributed by atoms with Gasteiger partial charge in [-0.1, -0.05) is 0 Å². The molecule has 0 atom stereocenters. The van der Waals surface area contributed by atoms with E-state index in [4.69, 9.17) is 0 Å². The summed E-state index contributed by atoms with van der Waals surface area (Å²) in [5, 5.41) is 0. The summed E-state index contributed by atoms with van der Waals surface area (Å²) in [6.07, 6.45) is 10.1. The van der Waals surface area contributed by atoms with Crippen LogP contribution in [0.4, 0.5) is 0 Å². The Morgan fingerprint density at radius 1 is 1.15 bits per heavy atom. The first-order chi connectivity index (χ1) is 6.43. The van der Waals surface area contributed by atoms with Crippen molar-refractivity contribution in [2.75, 3.05) is 0 Å². The van der Waals surface area contributed by atoms with Gasteiger partial charge in [0.2, 0.25) is 0 Å². The Hall–Kier alpha value is -1.77. The molecule has 3 rings (SSSR count). The fourth-order valence-corrected chi connectivity index (χ4v) is 1.60. The molecule has 0 spiro atoms. The zero-order valence-corrected chi connectivity index (χ0v) is 6.94. The SMILES string of the molecule is C1=NC=C2Cc3nccnc3C=C12. The zero-order chi connectivity index (χ0) is 8.67. The molecule has 0 saturated heterocycles. The van der Waals surface area contributed by atoms with Gasteiger partial charge in [0.15, 0.2) is 0 Å². The van der Waals surface area contributed by atoms with Crippen LogP contribution in [-0.2, 0) is 6.42 Å². The Balaban J connectivity index is 2.21. The van der Waals surface area contributed by atoms with Gasteiger partial charge in [0, 0.05) is 36.8 Å². The van der Waals surface area contributed by atoms with Crippen LogP contribution in [0.5, 0.6) is 0 Å². The maximum Gasteiger partial charge on any atom is 0.0855 e. The smallest absolute Gasteiger partial charge is 0.0855 e. The molecule has 3 heteroatoms. The predicted octanol–water partition coefficient (Wildman–Crippen LogP) is 1.38. The zero-order valence-electron chi connectivity index (χ0n) is 6.94. The molecule has 2 heterocycles. The van der Waals surface area contributed by atoms with Crippen LogP contribution in [0.1, 0.15) is 11.4 Å². The largest absolute Gasteiger partial charge is 0.264 e. The van der Waals surface area contributed by atoms with E-state index in [1.807, 2.05) is 18.5 Å². The van der Waals surface area contributed by atoms with Crippen molar-refractivity contribution in [3.05, 3.63) is 41.1 Å². The number of hydrogen-bond donors (Lipinski definition) is 0. The molecule has 0 saturated carbocycles. The first-order valence-corrected chi connectivity index (χ1v) is 4.18. The molecule has 0 radical (unpaired) electrons. The lowest BCUT2D eigenvalue weighted by Gasteiger charge is -2.11. The Morgan fingerprint density at radius 2 is 2.08 bits per heavy atom. The van der Waals surface area contributed by atoms with Crippen molar-refractivity contribution in [2.45, 2.75) is 6.42 Å². The molecule has 1 aliphatic heterocycles. The van der Waals surface area contributed by atoms with Gasteiger partial charge in [0.1, 0.15) is 0 Å². The molecule has 1 aliphatic carbocycles. The molecular formula is C10H7N3. The fraction of sp³-hybridized carbons (Fsp3) is 0.100. The molecule has 0 unspecified atom stereocenters. The van der Waals surface area contributed by atoms with E-state index in [-0.39, 0.29) is 0 Å². The first-order valence-electron chi connectivity index (χ1n) is 4.18. The highest BCUT2D eigenvalue weighted by atomic mass is 14.8. The van der Waals surface area contributed by atoms with Crippen molar-refractivity contribution in [2.24, 2.45) is 4.99 Å². The predicted molar refractivity (Wildman–Crippen MR) is 50.3 cm³/mol. The summed E-state index contributed by atoms with van der Waals surface area (Å²) in [6, 6.07) is 0. The van der Waals surface area contributed by atoms with E-state index in [2.05, 4.69) is 15.0 Å². The van der Waals surface area contributed by atoms with Crippen LogP contribution >= 0.6 is 0 Å². The van der Waals surface area contributed by atoms with E-state index < -0.39 is 0 Å². The second-order valence-electron chi connectivity index (χ2n) is 3.10. The molecule has 0 amide bonds. The molecule has 0 bridgehead atoms. The third kappa shape index (κ3) is 0.935. The monoisotopic (exact) mass is 169 g/mol. The lowest BCUT2D eigenvalue weighted by Crippen LogP contribution is -2.05. The van der Waals surface area contributed by atoms with Gasteiger partial charge in [-0.15, -0.1) is 0 Å². The van der Waals surface area contributed by atoms with Crippen molar-refractivity contribution in [1.29, 1.82) is 0 Å². The van der Waals surface area contributed by atoms with E-state index in [9.17, 15) is 0 Å². The minimum Gasteiger partial charge on any atom is -0.264 e. The summed E-state index contributed by atoms with van der Waals surface area (Å²) in [6.45, 7) is 0. The lowest BCUT2D eigenvalue weighted by atomic mass is 9.96. The van der Waals surface area contributed by atoms with Crippen LogP contribution < -0.4 is 0 Å². The van der Waals surface area contributed by atoms with Crippen LogP contribution in [0, 0.1) is 0 Å². The average Bonchev–Trinajstić information content (AvgIpc) is 2.61. The molecule has 1 aromatic heterocycles. The molecule has 1 aromatic rings. The summed E-state index contributed by atoms with van der Waals surface area (Å²) < 4.78 is 0. The van der Waals surface area contributed by atoms with Crippen molar-refractivity contribution in [1.82, 2.24) is 9.97 Å². The van der Waals surface area contributed by atoms with Gasteiger partial charge in [0.25, 0.3) is 0 Å². The number of aromatic nitrogens is 2. The van der Waals surface area contributed by atoms with Crippen molar-refractivity contribution in [3.8, 4) is 0 Å². The normalized spacial score (nSPS) is 17.5. The average molecular weight is 169 g/mol. The van der Waals surface area contributed by atoms with E-state index >= 15 is 0 Å². The van der Waals surface area contributed by atoms with Crippen LogP contribution in [0.3, 0.4) is 0 Å². The standard InChI is InChI=1S/C10H7N3/c1-2-13-10-4-8-6-11-5-7(8)3-9(10)12-1/h1-3,5-6H,4H2. The van der Waals surface area contributed by atoms with Gasteiger partial charge in [-0.05, 0) is 11.6 Å². The Labute approximate surface area is 75.6 Å². The van der Waals surface area contributed by atoms with E-state index in [1.165, 1.54) is 11.1 Å². The van der Waals surface area contributed by atoms with Crippen molar-refractivity contribution >= 4 is 12.3 Å². The summed E-state index contributed by atoms with van der Waals surface area (Å²) >= 11 is 0. The summed E-state index contributed by atoms with van der Waals surface area (Å²) in [5.41, 5.74) is 4.44. The highest BCUT2D eigenvalue weighted by molar-refractivity contribution is 5.95. The number of allylic oxidation sites excluding steroid dienone is 2. The summed E-state index contributed by atoms with van der Waals surface area (Å²) in [4.78, 5) is 12.6. The quantitative estimate of drug-likeness (QED) is 0.588. The summed E-state index contributed by atoms with van der Waals surface area (Å²) in [5.74, 6) is 0. The third-order valence-corrected chi connectivity index (χ3v) is 2.27. The molecule has 0 aromatic carbocycles. The van der Waals surface area contributed by atoms with Gasteiger partial charge in [0.05, 0.1) is 11.4 Å². The van der Waals surface area contributed by atoms with Crippen molar-refractivity contribution < 1.29 is 0 Å². The first kappa shape index (κ1) is 6.71. The van der Waals surface area contributed by atoms with Crippen LogP contribution in [0.15, 0.2) is 34.7 Å². The van der Waals surface area contributed by atoms with Gasteiger partial charge in [-0.2, -0.15) is 0 Å². The Bertz CT molecular complexity index is 455. The third-order valence-electron chi connectivity index (χ3n) is 2.27. The molecule has 0 fully saturated rings. The van der Waals surface area contributed by atoms with Gasteiger partial charge < -0.3 is 0 Å². The minimum absolute atomic E-state index is 0.856. The Morgan fingerprint density at radius 3 is 3.08 bits per heavy atom. The minimum atomic E-state index is 0.856. The molecule has 13 heavy (non-hydrogen) atoms. The van der Waals surface area contributed by atoms with Crippen LogP contribution in [0.2, 0.25) is 0 Å². The highest BCUT2D eigenvalue weighted by Gasteiger charge is 2.17. The number of aliphatic imine (C=N–C) groups is 1. The van der Waals surface area contributed by atoms with Crippen LogP contribution in [-0.4, -0.2) is 16.2 Å². The number of fused-ring (bicyclic) bond motifs is 2. The summed E-state index contributed by atoms with van der Waals surface area (Å²) in [7, 11) is 0. The van der Waals surface area contributed by atoms with E-state index in [1.54, 1.807) is 12.4 Å². The molecule has 2 aliphatic rings. The topological polar surface area (TPSA) is 38.1 Å². The van der Waals surface area contributed by atoms with Gasteiger partial charge in [-0.3, -0.25) is 15.0 Å². The van der Waals surface area contributed by atoms with Crippen LogP contribution in [0.25, 0.3) is 6.08 Å². The molecule has 3 nitrogen and oxygen atoms in total. The highest BCUT2D eigenvalue weighted by Crippen LogP contribution is 2.26.